The van der Waals surface area contributed by atoms with E-state index in [4.69, 9.17) is 14.2 Å². The fraction of sp³-hybridized carbons (Fsp3) is 0.571. The van der Waals surface area contributed by atoms with Gasteiger partial charge in [-0.05, 0) is 51.8 Å². The average molecular weight is 421 g/mol. The first-order valence-corrected chi connectivity index (χ1v) is 9.90. The first-order chi connectivity index (χ1) is 14.1. The summed E-state index contributed by atoms with van der Waals surface area (Å²) in [5.74, 6) is 0.691. The second-order valence-electron chi connectivity index (χ2n) is 8.06. The van der Waals surface area contributed by atoms with Gasteiger partial charge in [-0.3, -0.25) is 9.59 Å². The van der Waals surface area contributed by atoms with E-state index in [1.54, 1.807) is 51.0 Å². The normalized spacial score (nSPS) is 14.6. The molecule has 3 amide bonds. The third-order valence-corrected chi connectivity index (χ3v) is 4.57. The number of benzene rings is 1. The molecular weight excluding hydrogens is 390 g/mol. The zero-order valence-electron chi connectivity index (χ0n) is 18.2. The zero-order valence-corrected chi connectivity index (χ0v) is 18.2. The molecule has 1 aromatic rings. The number of hydrogen-bond donors (Lipinski definition) is 2. The van der Waals surface area contributed by atoms with E-state index in [1.165, 1.54) is 7.11 Å². The minimum absolute atomic E-state index is 0.0487. The molecule has 0 aliphatic carbocycles. The van der Waals surface area contributed by atoms with Crippen LogP contribution in [0.2, 0.25) is 0 Å². The molecule has 1 aromatic carbocycles. The molecule has 9 heteroatoms. The lowest BCUT2D eigenvalue weighted by molar-refractivity contribution is -0.121. The molecule has 1 aliphatic heterocycles. The molecule has 2 N–H and O–H groups in total. The van der Waals surface area contributed by atoms with Gasteiger partial charge < -0.3 is 29.7 Å². The number of alkyl carbamates (subject to hydrolysis) is 1. The molecule has 0 saturated carbocycles. The van der Waals surface area contributed by atoms with E-state index in [9.17, 15) is 14.4 Å². The number of methoxy groups -OCH3 is 2. The third kappa shape index (κ3) is 6.82. The Morgan fingerprint density at radius 1 is 1.07 bits per heavy atom. The van der Waals surface area contributed by atoms with Crippen LogP contribution in [-0.2, 0) is 9.53 Å². The predicted octanol–water partition coefficient (Wildman–Crippen LogP) is 1.95. The second kappa shape index (κ2) is 10.2. The molecule has 0 aromatic heterocycles. The van der Waals surface area contributed by atoms with Crippen LogP contribution < -0.4 is 20.1 Å². The van der Waals surface area contributed by atoms with E-state index in [0.717, 1.165) is 0 Å². The van der Waals surface area contributed by atoms with Crippen molar-refractivity contribution in [2.45, 2.75) is 45.3 Å². The SMILES string of the molecule is COc1ccc(C(=O)N2CCC(NC(=O)CNC(=O)OC(C)(C)C)CC2)cc1OC. The molecule has 1 heterocycles. The number of carbonyl (C=O) groups excluding carboxylic acids is 3. The fourth-order valence-corrected chi connectivity index (χ4v) is 3.12. The minimum atomic E-state index is -0.631. The van der Waals surface area contributed by atoms with Crippen LogP contribution in [0.5, 0.6) is 11.5 Å². The van der Waals surface area contributed by atoms with E-state index in [-0.39, 0.29) is 24.4 Å². The Kier molecular flexibility index (Phi) is 7.91. The molecule has 2 rings (SSSR count). The van der Waals surface area contributed by atoms with Crippen LogP contribution in [-0.4, -0.2) is 68.3 Å². The quantitative estimate of drug-likeness (QED) is 0.727. The van der Waals surface area contributed by atoms with Crippen LogP contribution in [0, 0.1) is 0 Å². The van der Waals surface area contributed by atoms with Crippen molar-refractivity contribution >= 4 is 17.9 Å². The Bertz CT molecular complexity index is 766. The van der Waals surface area contributed by atoms with Crippen LogP contribution >= 0.6 is 0 Å². The van der Waals surface area contributed by atoms with Crippen molar-refractivity contribution in [3.63, 3.8) is 0 Å². The Balaban J connectivity index is 1.80. The maximum atomic E-state index is 12.8. The second-order valence-corrected chi connectivity index (χ2v) is 8.06. The van der Waals surface area contributed by atoms with Crippen LogP contribution in [0.3, 0.4) is 0 Å². The molecule has 0 bridgehead atoms. The summed E-state index contributed by atoms with van der Waals surface area (Å²) >= 11 is 0. The lowest BCUT2D eigenvalue weighted by Gasteiger charge is -2.32. The van der Waals surface area contributed by atoms with Gasteiger partial charge in [-0.2, -0.15) is 0 Å². The summed E-state index contributed by atoms with van der Waals surface area (Å²) in [5.41, 5.74) is -0.0925. The molecule has 166 valence electrons. The lowest BCUT2D eigenvalue weighted by atomic mass is 10.0. The Morgan fingerprint density at radius 2 is 1.70 bits per heavy atom. The van der Waals surface area contributed by atoms with Crippen molar-refractivity contribution in [1.82, 2.24) is 15.5 Å². The van der Waals surface area contributed by atoms with E-state index in [2.05, 4.69) is 10.6 Å². The third-order valence-electron chi connectivity index (χ3n) is 4.57. The number of likely N-dealkylation sites (tertiary alicyclic amines) is 1. The Morgan fingerprint density at radius 3 is 2.27 bits per heavy atom. The van der Waals surface area contributed by atoms with Crippen molar-refractivity contribution in [3.05, 3.63) is 23.8 Å². The number of carbonyl (C=O) groups is 3. The van der Waals surface area contributed by atoms with E-state index >= 15 is 0 Å². The maximum Gasteiger partial charge on any atom is 0.408 e. The largest absolute Gasteiger partial charge is 0.493 e. The summed E-state index contributed by atoms with van der Waals surface area (Å²) in [5, 5.41) is 5.32. The number of piperidine rings is 1. The van der Waals surface area contributed by atoms with Crippen LogP contribution in [0.15, 0.2) is 18.2 Å². The zero-order chi connectivity index (χ0) is 22.3. The lowest BCUT2D eigenvalue weighted by Crippen LogP contribution is -2.49. The highest BCUT2D eigenvalue weighted by atomic mass is 16.6. The summed E-state index contributed by atoms with van der Waals surface area (Å²) < 4.78 is 15.6. The van der Waals surface area contributed by atoms with Gasteiger partial charge in [0, 0.05) is 24.7 Å². The fourth-order valence-electron chi connectivity index (χ4n) is 3.12. The number of nitrogens with zero attached hydrogens (tertiary/aromatic N) is 1. The van der Waals surface area contributed by atoms with E-state index in [1.807, 2.05) is 0 Å². The smallest absolute Gasteiger partial charge is 0.408 e. The van der Waals surface area contributed by atoms with Gasteiger partial charge in [-0.1, -0.05) is 0 Å². The monoisotopic (exact) mass is 421 g/mol. The number of hydrogen-bond acceptors (Lipinski definition) is 6. The Labute approximate surface area is 177 Å². The highest BCUT2D eigenvalue weighted by Gasteiger charge is 2.25. The van der Waals surface area contributed by atoms with Gasteiger partial charge in [0.2, 0.25) is 5.91 Å². The van der Waals surface area contributed by atoms with Crippen molar-refractivity contribution in [3.8, 4) is 11.5 Å². The summed E-state index contributed by atoms with van der Waals surface area (Å²) in [4.78, 5) is 38.2. The molecule has 0 radical (unpaired) electrons. The van der Waals surface area contributed by atoms with Gasteiger partial charge in [-0.25, -0.2) is 4.79 Å². The highest BCUT2D eigenvalue weighted by Crippen LogP contribution is 2.28. The molecule has 1 fully saturated rings. The van der Waals surface area contributed by atoms with Crippen molar-refractivity contribution < 1.29 is 28.6 Å². The maximum absolute atomic E-state index is 12.8. The molecule has 1 saturated heterocycles. The first-order valence-electron chi connectivity index (χ1n) is 9.90. The topological polar surface area (TPSA) is 106 Å². The van der Waals surface area contributed by atoms with Crippen LogP contribution in [0.4, 0.5) is 4.79 Å². The van der Waals surface area contributed by atoms with Gasteiger partial charge in [0.1, 0.15) is 12.1 Å². The van der Waals surface area contributed by atoms with Crippen molar-refractivity contribution in [1.29, 1.82) is 0 Å². The highest BCUT2D eigenvalue weighted by molar-refractivity contribution is 5.95. The van der Waals surface area contributed by atoms with Crippen molar-refractivity contribution in [2.24, 2.45) is 0 Å². The number of ether oxygens (including phenoxy) is 3. The number of nitrogens with one attached hydrogen (secondary N) is 2. The molecule has 1 aliphatic rings. The van der Waals surface area contributed by atoms with E-state index < -0.39 is 11.7 Å². The van der Waals surface area contributed by atoms with Gasteiger partial charge >= 0.3 is 6.09 Å². The van der Waals surface area contributed by atoms with E-state index in [0.29, 0.717) is 43.0 Å². The van der Waals surface area contributed by atoms with Crippen LogP contribution in [0.1, 0.15) is 44.0 Å². The molecule has 0 atom stereocenters. The molecule has 9 nitrogen and oxygen atoms in total. The minimum Gasteiger partial charge on any atom is -0.493 e. The Hall–Kier alpha value is -2.97. The molecule has 0 spiro atoms. The van der Waals surface area contributed by atoms with Gasteiger partial charge in [0.25, 0.3) is 5.91 Å². The summed E-state index contributed by atoms with van der Waals surface area (Å²) in [6.45, 7) is 6.16. The van der Waals surface area contributed by atoms with Crippen LogP contribution in [0.25, 0.3) is 0 Å². The summed E-state index contributed by atoms with van der Waals surface area (Å²) in [6.07, 6.45) is 0.641. The van der Waals surface area contributed by atoms with Gasteiger partial charge in [0.15, 0.2) is 11.5 Å². The van der Waals surface area contributed by atoms with Gasteiger partial charge in [0.05, 0.1) is 14.2 Å². The molecular formula is C21H31N3O6. The van der Waals surface area contributed by atoms with Crippen molar-refractivity contribution in [2.75, 3.05) is 33.9 Å². The summed E-state index contributed by atoms with van der Waals surface area (Å²) in [6, 6.07) is 5.03. The number of amides is 3. The first kappa shape index (κ1) is 23.3. The number of rotatable bonds is 6. The summed E-state index contributed by atoms with van der Waals surface area (Å²) in [7, 11) is 3.07. The molecule has 0 unspecified atom stereocenters. The average Bonchev–Trinajstić information content (AvgIpc) is 2.70. The van der Waals surface area contributed by atoms with Gasteiger partial charge in [-0.15, -0.1) is 0 Å². The standard InChI is InChI=1S/C21H31N3O6/c1-21(2,3)30-20(27)22-13-18(25)23-15-8-10-24(11-9-15)19(26)14-6-7-16(28-4)17(12-14)29-5/h6-7,12,15H,8-11,13H2,1-5H3,(H,22,27)(H,23,25). The predicted molar refractivity (Wildman–Crippen MR) is 111 cm³/mol. The molecule has 30 heavy (non-hydrogen) atoms.